The molecule has 128 valence electrons. The van der Waals surface area contributed by atoms with Gasteiger partial charge >= 0.3 is 5.69 Å². The number of nitrogens with zero attached hydrogens (tertiary/aromatic N) is 1. The number of nitro benzene ring substituents is 1. The lowest BCUT2D eigenvalue weighted by Crippen LogP contribution is -2.60. The molecule has 0 heterocycles. The first-order chi connectivity index (χ1) is 10.8. The average molecular weight is 348 g/mol. The van der Waals surface area contributed by atoms with Crippen molar-refractivity contribution in [3.05, 3.63) is 34.1 Å². The molecule has 0 amide bonds. The van der Waals surface area contributed by atoms with Gasteiger partial charge in [-0.25, -0.2) is 13.1 Å². The summed E-state index contributed by atoms with van der Waals surface area (Å²) in [7, 11) is -2.85. The normalized spacial score (nSPS) is 24.2. The first-order valence-corrected chi connectivity index (χ1v) is 8.39. The number of sulfonamides is 1. The Balaban J connectivity index is 2.24. The molecule has 10 heteroatoms. The molecule has 23 heavy (non-hydrogen) atoms. The Morgan fingerprint density at radius 3 is 2.74 bits per heavy atom. The highest BCUT2D eigenvalue weighted by Gasteiger charge is 2.45. The van der Waals surface area contributed by atoms with Crippen molar-refractivity contribution in [2.75, 3.05) is 13.7 Å². The molecule has 0 aromatic heterocycles. The molecule has 1 aliphatic rings. The van der Waals surface area contributed by atoms with E-state index in [4.69, 9.17) is 9.47 Å². The lowest BCUT2D eigenvalue weighted by molar-refractivity contribution is -0.390. The van der Waals surface area contributed by atoms with E-state index in [1.807, 2.05) is 0 Å². The van der Waals surface area contributed by atoms with E-state index in [9.17, 15) is 22.9 Å². The van der Waals surface area contributed by atoms with Gasteiger partial charge in [-0.1, -0.05) is 6.07 Å². The van der Waals surface area contributed by atoms with Crippen LogP contribution in [0.1, 0.15) is 13.3 Å². The summed E-state index contributed by atoms with van der Waals surface area (Å²) in [6.07, 6.45) is -0.383. The first kappa shape index (κ1) is 17.7. The maximum absolute atomic E-state index is 13.6. The van der Waals surface area contributed by atoms with Crippen LogP contribution in [0.5, 0.6) is 0 Å². The number of hydrogen-bond donors (Lipinski definition) is 1. The van der Waals surface area contributed by atoms with Crippen molar-refractivity contribution >= 4 is 15.7 Å². The van der Waals surface area contributed by atoms with Crippen LogP contribution in [0.2, 0.25) is 0 Å². The lowest BCUT2D eigenvalue weighted by Gasteiger charge is -2.42. The third kappa shape index (κ3) is 3.50. The van der Waals surface area contributed by atoms with Crippen molar-refractivity contribution in [2.45, 2.75) is 36.5 Å². The van der Waals surface area contributed by atoms with Crippen LogP contribution in [-0.4, -0.2) is 45.3 Å². The Labute approximate surface area is 132 Å². The Bertz CT molecular complexity index is 696. The highest BCUT2D eigenvalue weighted by Crippen LogP contribution is 2.31. The van der Waals surface area contributed by atoms with E-state index in [1.54, 1.807) is 6.92 Å². The molecule has 1 saturated carbocycles. The van der Waals surface area contributed by atoms with E-state index < -0.39 is 43.5 Å². The summed E-state index contributed by atoms with van der Waals surface area (Å²) in [6.45, 7) is 2.26. The second-order valence-corrected chi connectivity index (χ2v) is 6.68. The molecule has 0 radical (unpaired) electrons. The fourth-order valence-electron chi connectivity index (χ4n) is 2.54. The zero-order chi connectivity index (χ0) is 17.2. The fourth-order valence-corrected chi connectivity index (χ4v) is 3.98. The van der Waals surface area contributed by atoms with E-state index in [-0.39, 0.29) is 6.10 Å². The van der Waals surface area contributed by atoms with Gasteiger partial charge in [0.1, 0.15) is 0 Å². The van der Waals surface area contributed by atoms with Crippen molar-refractivity contribution in [3.63, 3.8) is 0 Å². The summed E-state index contributed by atoms with van der Waals surface area (Å²) in [5, 5.41) is 10.9. The van der Waals surface area contributed by atoms with Gasteiger partial charge in [-0.3, -0.25) is 10.1 Å². The second kappa shape index (κ2) is 6.87. The molecule has 2 rings (SSSR count). The van der Waals surface area contributed by atoms with E-state index >= 15 is 0 Å². The van der Waals surface area contributed by atoms with Gasteiger partial charge in [0.15, 0.2) is 4.90 Å². The highest BCUT2D eigenvalue weighted by atomic mass is 32.2. The molecule has 1 aromatic carbocycles. The number of nitro groups is 1. The molecule has 1 aromatic rings. The number of nitrogens with one attached hydrogen (secondary N) is 1. The zero-order valence-corrected chi connectivity index (χ0v) is 13.4. The summed E-state index contributed by atoms with van der Waals surface area (Å²) in [4.78, 5) is 9.18. The Kier molecular flexibility index (Phi) is 5.30. The van der Waals surface area contributed by atoms with Gasteiger partial charge in [0.2, 0.25) is 15.8 Å². The summed E-state index contributed by atoms with van der Waals surface area (Å²) in [5.74, 6) is -1.21. The van der Waals surface area contributed by atoms with Crippen LogP contribution in [0.15, 0.2) is 23.1 Å². The van der Waals surface area contributed by atoms with Gasteiger partial charge in [0, 0.05) is 13.7 Å². The largest absolute Gasteiger partial charge is 0.377 e. The van der Waals surface area contributed by atoms with Crippen LogP contribution in [0, 0.1) is 15.9 Å². The predicted molar refractivity (Wildman–Crippen MR) is 78.0 cm³/mol. The number of ether oxygens (including phenoxy) is 2. The van der Waals surface area contributed by atoms with Crippen molar-refractivity contribution in [1.82, 2.24) is 4.72 Å². The van der Waals surface area contributed by atoms with E-state index in [1.165, 1.54) is 7.11 Å². The lowest BCUT2D eigenvalue weighted by atomic mass is 9.86. The molecule has 8 nitrogen and oxygen atoms in total. The molecule has 0 spiro atoms. The average Bonchev–Trinajstić information content (AvgIpc) is 2.45. The highest BCUT2D eigenvalue weighted by molar-refractivity contribution is 7.89. The number of rotatable bonds is 7. The van der Waals surface area contributed by atoms with Crippen LogP contribution in [0.25, 0.3) is 0 Å². The summed E-state index contributed by atoms with van der Waals surface area (Å²) in [6, 6.07) is 2.34. The molecular formula is C13H17FN2O6S. The predicted octanol–water partition coefficient (Wildman–Crippen LogP) is 1.20. The molecule has 0 saturated heterocycles. The van der Waals surface area contributed by atoms with Gasteiger partial charge in [0.05, 0.1) is 23.2 Å². The van der Waals surface area contributed by atoms with Crippen LogP contribution >= 0.6 is 0 Å². The van der Waals surface area contributed by atoms with Gasteiger partial charge in [0.25, 0.3) is 0 Å². The topological polar surface area (TPSA) is 108 Å². The summed E-state index contributed by atoms with van der Waals surface area (Å²) in [5.41, 5.74) is -1.07. The minimum atomic E-state index is -4.27. The maximum Gasteiger partial charge on any atom is 0.324 e. The number of para-hydroxylation sites is 1. The van der Waals surface area contributed by atoms with Crippen LogP contribution in [0.3, 0.4) is 0 Å². The third-order valence-electron chi connectivity index (χ3n) is 3.63. The summed E-state index contributed by atoms with van der Waals surface area (Å²) >= 11 is 0. The molecular weight excluding hydrogens is 331 g/mol. The monoisotopic (exact) mass is 348 g/mol. The molecule has 0 aliphatic heterocycles. The quantitative estimate of drug-likeness (QED) is 0.586. The van der Waals surface area contributed by atoms with E-state index in [2.05, 4.69) is 4.72 Å². The number of halogens is 1. The zero-order valence-electron chi connectivity index (χ0n) is 12.6. The molecule has 0 bridgehead atoms. The Morgan fingerprint density at radius 2 is 2.17 bits per heavy atom. The van der Waals surface area contributed by atoms with Gasteiger partial charge in [-0.2, -0.15) is 4.39 Å². The molecule has 1 fully saturated rings. The van der Waals surface area contributed by atoms with Gasteiger partial charge in [-0.05, 0) is 25.5 Å². The van der Waals surface area contributed by atoms with Crippen LogP contribution in [0.4, 0.5) is 10.1 Å². The molecule has 1 N–H and O–H groups in total. The second-order valence-electron chi connectivity index (χ2n) is 5.00. The van der Waals surface area contributed by atoms with Crippen LogP contribution in [-0.2, 0) is 19.5 Å². The van der Waals surface area contributed by atoms with Crippen molar-refractivity contribution in [1.29, 1.82) is 0 Å². The Hall–Kier alpha value is -1.62. The fraction of sp³-hybridized carbons (Fsp3) is 0.538. The van der Waals surface area contributed by atoms with Crippen molar-refractivity contribution < 1.29 is 27.2 Å². The minimum absolute atomic E-state index is 0.250. The first-order valence-electron chi connectivity index (χ1n) is 6.91. The number of methoxy groups -OCH3 is 1. The van der Waals surface area contributed by atoms with Crippen molar-refractivity contribution in [3.8, 4) is 0 Å². The maximum atomic E-state index is 13.6. The standard InChI is InChI=1S/C13H17FN2O6S/c1-3-22-10-7-9(13(10)21-2)15-23(19,20)11-6-4-5-8(14)12(11)16(17)18/h4-6,9-10,13,15H,3,7H2,1-2H3/t9-,10-,13+/m1/s1. The van der Waals surface area contributed by atoms with Crippen molar-refractivity contribution in [2.24, 2.45) is 0 Å². The molecule has 1 aliphatic carbocycles. The van der Waals surface area contributed by atoms with E-state index in [0.29, 0.717) is 13.0 Å². The summed E-state index contributed by atoms with van der Waals surface area (Å²) < 4.78 is 51.2. The smallest absolute Gasteiger partial charge is 0.324 e. The van der Waals surface area contributed by atoms with E-state index in [0.717, 1.165) is 18.2 Å². The number of benzene rings is 1. The SMILES string of the molecule is CCO[C@@H]1C[C@@H](NS(=O)(=O)c2cccc(F)c2[N+](=O)[O-])[C@@H]1OC. The number of hydrogen-bond acceptors (Lipinski definition) is 6. The molecule has 0 unspecified atom stereocenters. The minimum Gasteiger partial charge on any atom is -0.377 e. The van der Waals surface area contributed by atoms with Gasteiger partial charge < -0.3 is 9.47 Å². The third-order valence-corrected chi connectivity index (χ3v) is 5.15. The van der Waals surface area contributed by atoms with Crippen LogP contribution < -0.4 is 4.72 Å². The molecule has 3 atom stereocenters. The van der Waals surface area contributed by atoms with Gasteiger partial charge in [-0.15, -0.1) is 0 Å². The Morgan fingerprint density at radius 1 is 1.48 bits per heavy atom.